The van der Waals surface area contributed by atoms with Crippen molar-refractivity contribution < 1.29 is 9.84 Å². The van der Waals surface area contributed by atoms with E-state index < -0.39 is 0 Å². The van der Waals surface area contributed by atoms with Crippen molar-refractivity contribution in [2.75, 3.05) is 19.0 Å². The van der Waals surface area contributed by atoms with Crippen LogP contribution in [0.4, 0.5) is 5.69 Å². The largest absolute Gasteiger partial charge is 0.497 e. The van der Waals surface area contributed by atoms with Crippen LogP contribution < -0.4 is 15.8 Å². The van der Waals surface area contributed by atoms with Crippen molar-refractivity contribution in [1.29, 1.82) is 0 Å². The molecule has 0 radical (unpaired) electrons. The van der Waals surface area contributed by atoms with E-state index in [0.717, 1.165) is 27.9 Å². The monoisotopic (exact) mass is 346 g/mol. The summed E-state index contributed by atoms with van der Waals surface area (Å²) in [4.78, 5) is 9.04. The first kappa shape index (κ1) is 16.7. The van der Waals surface area contributed by atoms with Crippen LogP contribution in [0.5, 0.6) is 5.75 Å². The molecule has 126 valence electrons. The van der Waals surface area contributed by atoms with Crippen LogP contribution in [0.15, 0.2) is 30.3 Å². The number of aliphatic hydroxyl groups is 1. The topological polar surface area (TPSA) is 93.3 Å². The number of nitrogens with two attached hydrogens (primary N) is 1. The summed E-state index contributed by atoms with van der Waals surface area (Å²) < 4.78 is 5.28. The number of halogens is 1. The van der Waals surface area contributed by atoms with Gasteiger partial charge in [0.1, 0.15) is 16.4 Å². The molecule has 0 spiro atoms. The number of aliphatic hydroxyl groups excluding tert-OH is 1. The molecule has 0 bridgehead atoms. The molecule has 4 N–H and O–H groups in total. The first-order valence-corrected chi connectivity index (χ1v) is 8.07. The summed E-state index contributed by atoms with van der Waals surface area (Å²) in [6.45, 7) is 0.106. The second-order valence-electron chi connectivity index (χ2n) is 5.49. The Morgan fingerprint density at radius 2 is 2.08 bits per heavy atom. The molecule has 3 aromatic rings. The molecule has 0 aliphatic heterocycles. The van der Waals surface area contributed by atoms with Crippen molar-refractivity contribution in [2.24, 2.45) is 5.73 Å². The standard InChI is InChI=1S/C17H19ClN4O2/c1-24-10-4-5-11-13(9-10)20-12-6-7-14(18)21-17(12)16(11)22-15(19)3-2-8-23/h4-7,9,15,23H,2-3,8,19H2,1H3,(H,20,22). The minimum Gasteiger partial charge on any atom is -0.497 e. The molecule has 1 unspecified atom stereocenters. The van der Waals surface area contributed by atoms with Crippen molar-refractivity contribution in [1.82, 2.24) is 9.97 Å². The number of rotatable bonds is 6. The molecular weight excluding hydrogens is 328 g/mol. The van der Waals surface area contributed by atoms with Gasteiger partial charge in [-0.2, -0.15) is 0 Å². The van der Waals surface area contributed by atoms with Crippen LogP contribution >= 0.6 is 11.6 Å². The second kappa shape index (κ2) is 7.17. The van der Waals surface area contributed by atoms with E-state index in [9.17, 15) is 0 Å². The summed E-state index contributed by atoms with van der Waals surface area (Å²) in [5, 5.41) is 13.6. The molecule has 2 aromatic heterocycles. The summed E-state index contributed by atoms with van der Waals surface area (Å²) in [5.41, 5.74) is 9.09. The molecule has 0 saturated heterocycles. The third-order valence-electron chi connectivity index (χ3n) is 3.79. The molecule has 6 nitrogen and oxygen atoms in total. The van der Waals surface area contributed by atoms with Crippen LogP contribution in [0, 0.1) is 0 Å². The van der Waals surface area contributed by atoms with Gasteiger partial charge in [0, 0.05) is 18.1 Å². The van der Waals surface area contributed by atoms with Gasteiger partial charge in [0.2, 0.25) is 0 Å². The van der Waals surface area contributed by atoms with Crippen LogP contribution in [-0.4, -0.2) is 35.0 Å². The Morgan fingerprint density at radius 3 is 2.83 bits per heavy atom. The minimum atomic E-state index is -0.311. The molecule has 0 saturated carbocycles. The highest BCUT2D eigenvalue weighted by Gasteiger charge is 2.14. The smallest absolute Gasteiger partial charge is 0.130 e. The Bertz CT molecular complexity index is 872. The lowest BCUT2D eigenvalue weighted by molar-refractivity contribution is 0.281. The molecule has 1 aromatic carbocycles. The predicted molar refractivity (Wildman–Crippen MR) is 96.5 cm³/mol. The van der Waals surface area contributed by atoms with Gasteiger partial charge in [0.05, 0.1) is 30.0 Å². The van der Waals surface area contributed by atoms with Crippen molar-refractivity contribution in [2.45, 2.75) is 19.0 Å². The number of benzene rings is 1. The summed E-state index contributed by atoms with van der Waals surface area (Å²) >= 11 is 6.06. The fourth-order valence-corrected chi connectivity index (χ4v) is 2.76. The van der Waals surface area contributed by atoms with E-state index in [1.807, 2.05) is 24.3 Å². The van der Waals surface area contributed by atoms with Gasteiger partial charge in [-0.3, -0.25) is 0 Å². The number of fused-ring (bicyclic) bond motifs is 2. The Balaban J connectivity index is 2.17. The number of ether oxygens (including phenoxy) is 1. The number of hydrogen-bond donors (Lipinski definition) is 3. The number of pyridine rings is 2. The SMILES string of the molecule is COc1ccc2c(NC(N)CCCO)c3nc(Cl)ccc3nc2c1. The third kappa shape index (κ3) is 3.36. The van der Waals surface area contributed by atoms with E-state index in [4.69, 9.17) is 27.2 Å². The van der Waals surface area contributed by atoms with Gasteiger partial charge in [0.15, 0.2) is 0 Å². The summed E-state index contributed by atoms with van der Waals surface area (Å²) in [7, 11) is 1.62. The average Bonchev–Trinajstić information content (AvgIpc) is 2.59. The predicted octanol–water partition coefficient (Wildman–Crippen LogP) is 2.91. The maximum Gasteiger partial charge on any atom is 0.130 e. The molecule has 0 aliphatic rings. The average molecular weight is 347 g/mol. The maximum absolute atomic E-state index is 8.98. The fourth-order valence-electron chi connectivity index (χ4n) is 2.62. The lowest BCUT2D eigenvalue weighted by Gasteiger charge is -2.18. The number of hydrogen-bond acceptors (Lipinski definition) is 6. The van der Waals surface area contributed by atoms with Crippen molar-refractivity contribution in [3.8, 4) is 5.75 Å². The van der Waals surface area contributed by atoms with E-state index in [0.29, 0.717) is 23.5 Å². The zero-order chi connectivity index (χ0) is 17.1. The van der Waals surface area contributed by atoms with Gasteiger partial charge in [0.25, 0.3) is 0 Å². The van der Waals surface area contributed by atoms with Gasteiger partial charge < -0.3 is 20.9 Å². The molecule has 0 fully saturated rings. The van der Waals surface area contributed by atoms with E-state index in [2.05, 4.69) is 15.3 Å². The Labute approximate surface area is 144 Å². The van der Waals surface area contributed by atoms with Gasteiger partial charge in [-0.05, 0) is 37.1 Å². The zero-order valence-electron chi connectivity index (χ0n) is 13.3. The van der Waals surface area contributed by atoms with Crippen molar-refractivity contribution in [3.63, 3.8) is 0 Å². The number of methoxy groups -OCH3 is 1. The number of nitrogens with one attached hydrogen (secondary N) is 1. The molecule has 3 rings (SSSR count). The summed E-state index contributed by atoms with van der Waals surface area (Å²) in [6, 6.07) is 9.19. The fraction of sp³-hybridized carbons (Fsp3) is 0.294. The normalized spacial score (nSPS) is 12.5. The number of anilines is 1. The van der Waals surface area contributed by atoms with Crippen molar-refractivity contribution in [3.05, 3.63) is 35.5 Å². The Kier molecular flexibility index (Phi) is 4.99. The van der Waals surface area contributed by atoms with Crippen molar-refractivity contribution >= 4 is 39.2 Å². The van der Waals surface area contributed by atoms with Gasteiger partial charge in [-0.15, -0.1) is 0 Å². The molecule has 1 atom stereocenters. The minimum absolute atomic E-state index is 0.106. The van der Waals surface area contributed by atoms with Crippen LogP contribution in [0.25, 0.3) is 21.9 Å². The molecule has 0 amide bonds. The van der Waals surface area contributed by atoms with Crippen LogP contribution in [0.3, 0.4) is 0 Å². The number of aromatic nitrogens is 2. The molecule has 24 heavy (non-hydrogen) atoms. The van der Waals surface area contributed by atoms with Crippen LogP contribution in [-0.2, 0) is 0 Å². The van der Waals surface area contributed by atoms with Gasteiger partial charge in [-0.1, -0.05) is 11.6 Å². The van der Waals surface area contributed by atoms with Crippen LogP contribution in [0.1, 0.15) is 12.8 Å². The summed E-state index contributed by atoms with van der Waals surface area (Å²) in [5.74, 6) is 0.729. The van der Waals surface area contributed by atoms with E-state index in [1.54, 1.807) is 13.2 Å². The lowest BCUT2D eigenvalue weighted by atomic mass is 10.1. The first-order valence-electron chi connectivity index (χ1n) is 7.69. The first-order chi connectivity index (χ1) is 11.6. The van der Waals surface area contributed by atoms with Gasteiger partial charge in [-0.25, -0.2) is 9.97 Å². The molecule has 2 heterocycles. The molecule has 0 aliphatic carbocycles. The van der Waals surface area contributed by atoms with E-state index in [-0.39, 0.29) is 12.8 Å². The van der Waals surface area contributed by atoms with E-state index in [1.165, 1.54) is 0 Å². The highest BCUT2D eigenvalue weighted by atomic mass is 35.5. The number of nitrogens with zero attached hydrogens (tertiary/aromatic N) is 2. The quantitative estimate of drug-likeness (QED) is 0.361. The van der Waals surface area contributed by atoms with Crippen LogP contribution in [0.2, 0.25) is 5.15 Å². The third-order valence-corrected chi connectivity index (χ3v) is 4.01. The van der Waals surface area contributed by atoms with E-state index >= 15 is 0 Å². The highest BCUT2D eigenvalue weighted by molar-refractivity contribution is 6.30. The highest BCUT2D eigenvalue weighted by Crippen LogP contribution is 2.32. The summed E-state index contributed by atoms with van der Waals surface area (Å²) in [6.07, 6.45) is 0.948. The second-order valence-corrected chi connectivity index (χ2v) is 5.88. The zero-order valence-corrected chi connectivity index (χ0v) is 14.0. The van der Waals surface area contributed by atoms with Gasteiger partial charge >= 0.3 is 0 Å². The molecular formula is C17H19ClN4O2. The molecule has 7 heteroatoms. The lowest BCUT2D eigenvalue weighted by Crippen LogP contribution is -2.30. The maximum atomic E-state index is 8.98. The Hall–Kier alpha value is -2.15. The Morgan fingerprint density at radius 1 is 1.25 bits per heavy atom.